The first kappa shape index (κ1) is 12.4. The minimum atomic E-state index is -0.758. The van der Waals surface area contributed by atoms with E-state index in [9.17, 15) is 4.79 Å². The highest BCUT2D eigenvalue weighted by Crippen LogP contribution is 1.91. The topological polar surface area (TPSA) is 37.3 Å². The molecule has 0 fully saturated rings. The van der Waals surface area contributed by atoms with Gasteiger partial charge in [-0.05, 0) is 13.3 Å². The molecule has 0 unspecified atom stereocenters. The molecular formula is C12H16O2. The summed E-state index contributed by atoms with van der Waals surface area (Å²) in [5.74, 6) is -0.758. The van der Waals surface area contributed by atoms with Crippen molar-refractivity contribution >= 4 is 5.97 Å². The number of carboxylic acid groups (broad SMARTS) is 1. The summed E-state index contributed by atoms with van der Waals surface area (Å²) in [4.78, 5) is 10.1. The van der Waals surface area contributed by atoms with Gasteiger partial charge in [-0.25, -0.2) is 0 Å². The van der Waals surface area contributed by atoms with Gasteiger partial charge < -0.3 is 5.11 Å². The van der Waals surface area contributed by atoms with Crippen molar-refractivity contribution < 1.29 is 9.90 Å². The number of hydrogen-bond acceptors (Lipinski definition) is 1. The molecule has 0 aromatic rings. The van der Waals surface area contributed by atoms with E-state index >= 15 is 0 Å². The van der Waals surface area contributed by atoms with Crippen LogP contribution in [-0.2, 0) is 4.79 Å². The van der Waals surface area contributed by atoms with E-state index in [0.717, 1.165) is 0 Å². The Kier molecular flexibility index (Phi) is 8.45. The van der Waals surface area contributed by atoms with Gasteiger partial charge in [-0.15, -0.1) is 0 Å². The normalized spacial score (nSPS) is 12.6. The minimum absolute atomic E-state index is 0.193. The first-order chi connectivity index (χ1) is 6.77. The molecule has 2 heteroatoms. The van der Waals surface area contributed by atoms with E-state index in [0.29, 0.717) is 6.42 Å². The van der Waals surface area contributed by atoms with Crippen molar-refractivity contribution in [2.45, 2.75) is 19.8 Å². The third-order valence-corrected chi connectivity index (χ3v) is 1.41. The zero-order valence-corrected chi connectivity index (χ0v) is 8.39. The Morgan fingerprint density at radius 1 is 1.07 bits per heavy atom. The first-order valence-corrected chi connectivity index (χ1v) is 4.60. The van der Waals surface area contributed by atoms with Crippen molar-refractivity contribution in [3.8, 4) is 0 Å². The molecule has 0 atom stereocenters. The fourth-order valence-electron chi connectivity index (χ4n) is 0.749. The highest BCUT2D eigenvalue weighted by Gasteiger charge is 1.90. The molecule has 0 aliphatic rings. The van der Waals surface area contributed by atoms with Crippen molar-refractivity contribution in [3.63, 3.8) is 0 Å². The molecule has 0 bridgehead atoms. The third-order valence-electron chi connectivity index (χ3n) is 1.41. The van der Waals surface area contributed by atoms with Gasteiger partial charge in [-0.3, -0.25) is 4.79 Å². The van der Waals surface area contributed by atoms with Crippen molar-refractivity contribution in [3.05, 3.63) is 48.6 Å². The molecule has 0 rings (SSSR count). The minimum Gasteiger partial charge on any atom is -0.481 e. The average Bonchev–Trinajstić information content (AvgIpc) is 2.15. The number of carboxylic acids is 1. The lowest BCUT2D eigenvalue weighted by Crippen LogP contribution is -1.91. The van der Waals surface area contributed by atoms with Crippen LogP contribution in [0.3, 0.4) is 0 Å². The second kappa shape index (κ2) is 9.52. The summed E-state index contributed by atoms with van der Waals surface area (Å²) in [5.41, 5.74) is 0. The molecule has 0 radical (unpaired) electrons. The Morgan fingerprint density at radius 3 is 2.21 bits per heavy atom. The van der Waals surface area contributed by atoms with Gasteiger partial charge in [0.2, 0.25) is 0 Å². The molecule has 0 aliphatic heterocycles. The average molecular weight is 192 g/mol. The Labute approximate surface area is 85.0 Å². The fourth-order valence-corrected chi connectivity index (χ4v) is 0.749. The molecular weight excluding hydrogens is 176 g/mol. The van der Waals surface area contributed by atoms with Gasteiger partial charge in [-0.2, -0.15) is 0 Å². The second-order valence-corrected chi connectivity index (χ2v) is 2.66. The predicted molar refractivity (Wildman–Crippen MR) is 59.1 cm³/mol. The summed E-state index contributed by atoms with van der Waals surface area (Å²) in [7, 11) is 0. The van der Waals surface area contributed by atoms with Crippen LogP contribution in [0.2, 0.25) is 0 Å². The predicted octanol–water partition coefficient (Wildman–Crippen LogP) is 3.10. The lowest BCUT2D eigenvalue weighted by atomic mass is 10.3. The zero-order chi connectivity index (χ0) is 10.6. The Balaban J connectivity index is 3.55. The largest absolute Gasteiger partial charge is 0.481 e. The number of carbonyl (C=O) groups is 1. The van der Waals surface area contributed by atoms with E-state index in [1.54, 1.807) is 0 Å². The van der Waals surface area contributed by atoms with E-state index in [4.69, 9.17) is 5.11 Å². The number of allylic oxidation sites excluding steroid dienone is 8. The van der Waals surface area contributed by atoms with Gasteiger partial charge in [0.05, 0.1) is 0 Å². The van der Waals surface area contributed by atoms with E-state index < -0.39 is 5.97 Å². The summed E-state index contributed by atoms with van der Waals surface area (Å²) in [6, 6.07) is 0. The summed E-state index contributed by atoms with van der Waals surface area (Å²) in [6.07, 6.45) is 16.0. The summed E-state index contributed by atoms with van der Waals surface area (Å²) in [6.45, 7) is 1.96. The summed E-state index contributed by atoms with van der Waals surface area (Å²) >= 11 is 0. The fraction of sp³-hybridized carbons (Fsp3) is 0.250. The highest BCUT2D eigenvalue weighted by molar-refractivity contribution is 5.66. The maximum atomic E-state index is 10.1. The molecule has 0 aromatic heterocycles. The number of hydrogen-bond donors (Lipinski definition) is 1. The van der Waals surface area contributed by atoms with Crippen molar-refractivity contribution in [1.29, 1.82) is 0 Å². The van der Waals surface area contributed by atoms with Crippen LogP contribution in [0, 0.1) is 0 Å². The van der Waals surface area contributed by atoms with Crippen LogP contribution in [0.25, 0.3) is 0 Å². The van der Waals surface area contributed by atoms with Crippen LogP contribution in [0.15, 0.2) is 48.6 Å². The zero-order valence-electron chi connectivity index (χ0n) is 8.39. The Bertz CT molecular complexity index is 257. The Hall–Kier alpha value is -1.57. The van der Waals surface area contributed by atoms with Crippen LogP contribution in [0.5, 0.6) is 0 Å². The number of aliphatic carboxylic acids is 1. The molecule has 0 heterocycles. The summed E-state index contributed by atoms with van der Waals surface area (Å²) in [5, 5.41) is 8.34. The molecule has 0 saturated carbocycles. The SMILES string of the molecule is C/C=C/C=C/C=C/C=C/CCC(=O)O. The molecule has 0 amide bonds. The monoisotopic (exact) mass is 192 g/mol. The van der Waals surface area contributed by atoms with E-state index in [2.05, 4.69) is 0 Å². The molecule has 0 spiro atoms. The maximum Gasteiger partial charge on any atom is 0.303 e. The van der Waals surface area contributed by atoms with Gasteiger partial charge in [0.25, 0.3) is 0 Å². The molecule has 14 heavy (non-hydrogen) atoms. The Morgan fingerprint density at radius 2 is 1.64 bits per heavy atom. The van der Waals surface area contributed by atoms with E-state index in [1.165, 1.54) is 0 Å². The van der Waals surface area contributed by atoms with Gasteiger partial charge in [0.1, 0.15) is 0 Å². The molecule has 0 aliphatic carbocycles. The van der Waals surface area contributed by atoms with Crippen LogP contribution in [-0.4, -0.2) is 11.1 Å². The standard InChI is InChI=1S/C12H16O2/c1-2-3-4-5-6-7-8-9-10-11-12(13)14/h2-9H,10-11H2,1H3,(H,13,14)/b3-2+,5-4+,7-6+,9-8+. The van der Waals surface area contributed by atoms with Crippen molar-refractivity contribution in [1.82, 2.24) is 0 Å². The van der Waals surface area contributed by atoms with E-state index in [1.807, 2.05) is 55.5 Å². The van der Waals surface area contributed by atoms with Gasteiger partial charge in [-0.1, -0.05) is 48.6 Å². The van der Waals surface area contributed by atoms with Gasteiger partial charge >= 0.3 is 5.97 Å². The van der Waals surface area contributed by atoms with Crippen molar-refractivity contribution in [2.75, 3.05) is 0 Å². The molecule has 0 aromatic carbocycles. The third kappa shape index (κ3) is 10.4. The molecule has 0 saturated heterocycles. The molecule has 1 N–H and O–H groups in total. The highest BCUT2D eigenvalue weighted by atomic mass is 16.4. The molecule has 76 valence electrons. The maximum absolute atomic E-state index is 10.1. The second-order valence-electron chi connectivity index (χ2n) is 2.66. The van der Waals surface area contributed by atoms with Crippen molar-refractivity contribution in [2.24, 2.45) is 0 Å². The first-order valence-electron chi connectivity index (χ1n) is 4.60. The van der Waals surface area contributed by atoms with Crippen LogP contribution in [0.1, 0.15) is 19.8 Å². The van der Waals surface area contributed by atoms with Crippen LogP contribution >= 0.6 is 0 Å². The van der Waals surface area contributed by atoms with E-state index in [-0.39, 0.29) is 6.42 Å². The van der Waals surface area contributed by atoms with Crippen LogP contribution < -0.4 is 0 Å². The smallest absolute Gasteiger partial charge is 0.303 e. The molecule has 2 nitrogen and oxygen atoms in total. The lowest BCUT2D eigenvalue weighted by molar-refractivity contribution is -0.136. The van der Waals surface area contributed by atoms with Crippen LogP contribution in [0.4, 0.5) is 0 Å². The van der Waals surface area contributed by atoms with Gasteiger partial charge in [0, 0.05) is 6.42 Å². The summed E-state index contributed by atoms with van der Waals surface area (Å²) < 4.78 is 0. The number of rotatable bonds is 6. The van der Waals surface area contributed by atoms with Gasteiger partial charge in [0.15, 0.2) is 0 Å². The lowest BCUT2D eigenvalue weighted by Gasteiger charge is -1.84. The quantitative estimate of drug-likeness (QED) is 0.656.